The number of nitrogens with two attached hydrogens (primary N) is 1. The van der Waals surface area contributed by atoms with Crippen LogP contribution in [0.5, 0.6) is 5.75 Å². The van der Waals surface area contributed by atoms with E-state index in [4.69, 9.17) is 22.1 Å². The van der Waals surface area contributed by atoms with Gasteiger partial charge in [-0.25, -0.2) is 9.07 Å². The third-order valence-electron chi connectivity index (χ3n) is 6.08. The first-order valence-corrected chi connectivity index (χ1v) is 12.2. The fourth-order valence-corrected chi connectivity index (χ4v) is 4.40. The van der Waals surface area contributed by atoms with Crippen LogP contribution in [0.3, 0.4) is 0 Å². The number of nitrogens with zero attached hydrogens (tertiary/aromatic N) is 4. The van der Waals surface area contributed by atoms with Crippen molar-refractivity contribution >= 4 is 29.1 Å². The number of carbonyl (C=O) groups is 2. The van der Waals surface area contributed by atoms with Crippen LogP contribution in [0.25, 0.3) is 16.8 Å². The van der Waals surface area contributed by atoms with E-state index in [1.807, 2.05) is 0 Å². The van der Waals surface area contributed by atoms with Crippen LogP contribution in [-0.4, -0.2) is 38.5 Å². The topological polar surface area (TPSA) is 134 Å². The molecule has 0 unspecified atom stereocenters. The van der Waals surface area contributed by atoms with Gasteiger partial charge in [0, 0.05) is 22.9 Å². The molecule has 10 nitrogen and oxygen atoms in total. The zero-order valence-corrected chi connectivity index (χ0v) is 22.1. The van der Waals surface area contributed by atoms with E-state index >= 15 is 0 Å². The molecule has 4 aromatic rings. The summed E-state index contributed by atoms with van der Waals surface area (Å²) >= 11 is 6.33. The minimum atomic E-state index is -4.75. The van der Waals surface area contributed by atoms with Gasteiger partial charge in [-0.15, -0.1) is 5.10 Å². The molecular formula is C26H21ClF4N6O4. The number of rotatable bonds is 8. The third-order valence-corrected chi connectivity index (χ3v) is 6.39. The molecule has 2 heterocycles. The number of benzene rings is 2. The first kappa shape index (κ1) is 29.3. The molecule has 0 bridgehead atoms. The van der Waals surface area contributed by atoms with Crippen LogP contribution < -0.4 is 21.3 Å². The van der Waals surface area contributed by atoms with Gasteiger partial charge in [0.05, 0.1) is 35.8 Å². The van der Waals surface area contributed by atoms with Crippen LogP contribution in [0.1, 0.15) is 35.4 Å². The largest absolute Gasteiger partial charge is 0.495 e. The second-order valence-corrected chi connectivity index (χ2v) is 9.06. The predicted octanol–water partition coefficient (Wildman–Crippen LogP) is 4.60. The number of aromatic nitrogens is 4. The van der Waals surface area contributed by atoms with Crippen molar-refractivity contribution in [3.8, 4) is 22.6 Å². The average molecular weight is 593 g/mol. The molecule has 0 aliphatic rings. The van der Waals surface area contributed by atoms with Gasteiger partial charge in [-0.3, -0.25) is 19.0 Å². The maximum Gasteiger partial charge on any atom is 0.436 e. The molecule has 4 rings (SSSR count). The Hall–Kier alpha value is -4.72. The lowest BCUT2D eigenvalue weighted by molar-refractivity contribution is -0.141. The molecule has 214 valence electrons. The maximum atomic E-state index is 14.2. The first-order valence-electron chi connectivity index (χ1n) is 11.8. The smallest absolute Gasteiger partial charge is 0.436 e. The Kier molecular flexibility index (Phi) is 8.14. The number of para-hydroxylation sites is 1. The maximum absolute atomic E-state index is 14.2. The molecule has 1 atom stereocenters. The molecule has 0 saturated carbocycles. The van der Waals surface area contributed by atoms with Gasteiger partial charge >= 0.3 is 6.18 Å². The molecule has 0 aliphatic carbocycles. The summed E-state index contributed by atoms with van der Waals surface area (Å²) in [5, 5.41) is 9.24. The molecule has 0 spiro atoms. The summed E-state index contributed by atoms with van der Waals surface area (Å²) in [7, 11) is 1.30. The number of anilines is 1. The highest BCUT2D eigenvalue weighted by Crippen LogP contribution is 2.38. The van der Waals surface area contributed by atoms with E-state index in [9.17, 15) is 31.9 Å². The Bertz CT molecular complexity index is 1700. The van der Waals surface area contributed by atoms with Crippen molar-refractivity contribution in [3.05, 3.63) is 87.3 Å². The van der Waals surface area contributed by atoms with Crippen molar-refractivity contribution in [2.45, 2.75) is 25.6 Å². The van der Waals surface area contributed by atoms with Gasteiger partial charge in [0.2, 0.25) is 5.91 Å². The van der Waals surface area contributed by atoms with E-state index in [-0.39, 0.29) is 45.3 Å². The first-order chi connectivity index (χ1) is 19.3. The van der Waals surface area contributed by atoms with Crippen LogP contribution >= 0.6 is 11.6 Å². The number of nitrogens with one attached hydrogen (secondary N) is 1. The molecule has 0 fully saturated rings. The highest BCUT2D eigenvalue weighted by Gasteiger charge is 2.35. The lowest BCUT2D eigenvalue weighted by Gasteiger charge is -2.21. The highest BCUT2D eigenvalue weighted by atomic mass is 35.5. The Labute approximate surface area is 234 Å². The Morgan fingerprint density at radius 2 is 1.88 bits per heavy atom. The lowest BCUT2D eigenvalue weighted by atomic mass is 10.0. The van der Waals surface area contributed by atoms with Gasteiger partial charge < -0.3 is 15.8 Å². The van der Waals surface area contributed by atoms with Crippen molar-refractivity contribution < 1.29 is 31.9 Å². The summed E-state index contributed by atoms with van der Waals surface area (Å²) in [5.74, 6) is -2.48. The van der Waals surface area contributed by atoms with Gasteiger partial charge in [-0.1, -0.05) is 35.9 Å². The molecule has 2 aromatic carbocycles. The van der Waals surface area contributed by atoms with E-state index in [1.54, 1.807) is 6.92 Å². The minimum Gasteiger partial charge on any atom is -0.495 e. The second kappa shape index (κ2) is 11.4. The van der Waals surface area contributed by atoms with Crippen molar-refractivity contribution in [1.29, 1.82) is 0 Å². The number of amides is 2. The number of halogens is 5. The van der Waals surface area contributed by atoms with E-state index in [2.05, 4.69) is 15.6 Å². The SMILES string of the molecule is CC[C@@H](C(=O)Nc1ccc(C(N)=O)c(F)c1)n1cc(OC)c(-c2cccc(Cl)c2-n2cc(C(F)(F)F)nn2)cc1=O. The van der Waals surface area contributed by atoms with Gasteiger partial charge in [0.25, 0.3) is 11.5 Å². The molecule has 0 aliphatic heterocycles. The van der Waals surface area contributed by atoms with Crippen LogP contribution in [0, 0.1) is 5.82 Å². The fraction of sp³-hybridized carbons (Fsp3) is 0.192. The summed E-state index contributed by atoms with van der Waals surface area (Å²) in [6, 6.07) is 7.86. The van der Waals surface area contributed by atoms with Crippen LogP contribution in [0.15, 0.2) is 59.7 Å². The molecule has 15 heteroatoms. The quantitative estimate of drug-likeness (QED) is 0.287. The highest BCUT2D eigenvalue weighted by molar-refractivity contribution is 6.33. The van der Waals surface area contributed by atoms with E-state index in [1.165, 1.54) is 37.6 Å². The lowest BCUT2D eigenvalue weighted by Crippen LogP contribution is -2.32. The molecule has 2 amide bonds. The van der Waals surface area contributed by atoms with Crippen molar-refractivity contribution in [3.63, 3.8) is 0 Å². The van der Waals surface area contributed by atoms with Crippen molar-refractivity contribution in [2.75, 3.05) is 12.4 Å². The summed E-state index contributed by atoms with van der Waals surface area (Å²) in [6.45, 7) is 1.64. The molecule has 0 saturated heterocycles. The van der Waals surface area contributed by atoms with Crippen LogP contribution in [0.4, 0.5) is 23.2 Å². The van der Waals surface area contributed by atoms with Gasteiger partial charge in [-0.05, 0) is 30.7 Å². The van der Waals surface area contributed by atoms with Crippen LogP contribution in [0.2, 0.25) is 5.02 Å². The van der Waals surface area contributed by atoms with E-state index in [0.29, 0.717) is 6.20 Å². The summed E-state index contributed by atoms with van der Waals surface area (Å²) in [4.78, 5) is 37.6. The Balaban J connectivity index is 1.74. The van der Waals surface area contributed by atoms with Crippen molar-refractivity contribution in [2.24, 2.45) is 5.73 Å². The number of hydrogen-bond acceptors (Lipinski definition) is 6. The van der Waals surface area contributed by atoms with Gasteiger partial charge in [-0.2, -0.15) is 13.2 Å². The monoisotopic (exact) mass is 592 g/mol. The number of primary amides is 1. The summed E-state index contributed by atoms with van der Waals surface area (Å²) in [5.41, 5.74) is 3.26. The molecule has 3 N–H and O–H groups in total. The van der Waals surface area contributed by atoms with Gasteiger partial charge in [0.1, 0.15) is 17.6 Å². The second-order valence-electron chi connectivity index (χ2n) is 8.66. The minimum absolute atomic E-state index is 0.0128. The normalized spacial score (nSPS) is 12.2. The van der Waals surface area contributed by atoms with E-state index in [0.717, 1.165) is 27.4 Å². The Morgan fingerprint density at radius 1 is 1.15 bits per heavy atom. The van der Waals surface area contributed by atoms with E-state index < -0.39 is 41.1 Å². The predicted molar refractivity (Wildman–Crippen MR) is 140 cm³/mol. The zero-order chi connectivity index (χ0) is 30.1. The molecule has 41 heavy (non-hydrogen) atoms. The average Bonchev–Trinajstić information content (AvgIpc) is 3.40. The van der Waals surface area contributed by atoms with Crippen molar-refractivity contribution in [1.82, 2.24) is 19.6 Å². The number of alkyl halides is 3. The zero-order valence-electron chi connectivity index (χ0n) is 21.4. The Morgan fingerprint density at radius 3 is 2.46 bits per heavy atom. The third kappa shape index (κ3) is 5.91. The fourth-order valence-electron chi connectivity index (χ4n) is 4.14. The summed E-state index contributed by atoms with van der Waals surface area (Å²) < 4.78 is 61.1. The number of ether oxygens (including phenoxy) is 1. The number of methoxy groups -OCH3 is 1. The summed E-state index contributed by atoms with van der Waals surface area (Å²) in [6.07, 6.45) is -2.68. The standard InChI is InChI=1S/C26H21ClF4N6O4/c1-3-19(25(40)33-13-7-8-15(24(32)39)18(28)9-13)36-11-20(41-2)16(10-22(36)38)14-5-4-6-17(27)23(14)37-12-21(34-35-37)26(29,30)31/h4-12,19H,3H2,1-2H3,(H2,32,39)(H,33,40)/t19-/m0/s1. The van der Waals surface area contributed by atoms with Gasteiger partial charge in [0.15, 0.2) is 5.69 Å². The molecular weight excluding hydrogens is 572 g/mol. The molecule has 0 radical (unpaired) electrons. The van der Waals surface area contributed by atoms with Crippen LogP contribution in [-0.2, 0) is 11.0 Å². The number of hydrogen-bond donors (Lipinski definition) is 2. The number of pyridine rings is 1. The molecule has 2 aromatic heterocycles. The number of carbonyl (C=O) groups excluding carboxylic acids is 2.